The van der Waals surface area contributed by atoms with E-state index >= 15 is 0 Å². The smallest absolute Gasteiger partial charge is 0.870 e. The van der Waals surface area contributed by atoms with Crippen LogP contribution in [0.4, 0.5) is 0 Å². The zero-order valence-corrected chi connectivity index (χ0v) is 8.42. The zero-order chi connectivity index (χ0) is 4.50. The minimum absolute atomic E-state index is 0. The molecule has 0 amide bonds. The number of phosphoric acid groups is 1. The summed E-state index contributed by atoms with van der Waals surface area (Å²) in [5, 5.41) is 0. The van der Waals surface area contributed by atoms with Gasteiger partial charge in [-0.2, -0.15) is 0 Å². The van der Waals surface area contributed by atoms with Gasteiger partial charge in [-0.05, 0) is 0 Å². The third-order valence-corrected chi connectivity index (χ3v) is 0. The Morgan fingerprint density at radius 1 is 1.33 bits per heavy atom. The van der Waals surface area contributed by atoms with Gasteiger partial charge in [0.2, 0.25) is 0 Å². The first-order valence-electron chi connectivity index (χ1n) is 0.748. The molecule has 0 aliphatic rings. The summed E-state index contributed by atoms with van der Waals surface area (Å²) in [7, 11) is -5.14. The van der Waals surface area contributed by atoms with E-state index in [1.807, 2.05) is 0 Å². The van der Waals surface area contributed by atoms with Crippen molar-refractivity contribution in [1.29, 1.82) is 0 Å². The van der Waals surface area contributed by atoms with Crippen LogP contribution in [0.1, 0.15) is 0 Å². The van der Waals surface area contributed by atoms with Gasteiger partial charge in [0.15, 0.2) is 0 Å². The van der Waals surface area contributed by atoms with E-state index in [0.29, 0.717) is 0 Å². The van der Waals surface area contributed by atoms with Crippen LogP contribution in [0.25, 0.3) is 0 Å². The molecule has 0 rings (SSSR count). The first-order chi connectivity index (χ1) is 2.00. The molecule has 0 aliphatic heterocycles. The van der Waals surface area contributed by atoms with Crippen LogP contribution < -0.4 is 39.3 Å². The molecule has 0 aliphatic carbocycles. The zero-order valence-electron chi connectivity index (χ0n) is 4.42. The van der Waals surface area contributed by atoms with Crippen molar-refractivity contribution in [2.24, 2.45) is 0 Å². The average molecular weight is 210 g/mol. The van der Waals surface area contributed by atoms with Gasteiger partial charge in [0.1, 0.15) is 0 Å². The SMILES string of the molecule is O.O=P([O-])([O-])O.[Fe+2].[Na+].[OH-]. The topological polar surface area (TPSA) is 145 Å². The summed E-state index contributed by atoms with van der Waals surface area (Å²) in [5.41, 5.74) is 0. The minimum atomic E-state index is -5.14. The number of hydrogen-bond acceptors (Lipinski definition) is 4. The molecule has 0 saturated carbocycles. The van der Waals surface area contributed by atoms with Crippen LogP contribution in [0.15, 0.2) is 0 Å². The average Bonchev–Trinajstić information content (AvgIpc) is 0.722. The molecule has 9 heteroatoms. The third-order valence-electron chi connectivity index (χ3n) is 0. The first-order valence-corrected chi connectivity index (χ1v) is 2.24. The molecule has 54 valence electrons. The Bertz CT molecular complexity index is 59.2. The van der Waals surface area contributed by atoms with Gasteiger partial charge >= 0.3 is 46.6 Å². The van der Waals surface area contributed by atoms with Crippen molar-refractivity contribution in [3.05, 3.63) is 0 Å². The largest absolute Gasteiger partial charge is 2.00 e. The summed E-state index contributed by atoms with van der Waals surface area (Å²) in [6, 6.07) is 0. The summed E-state index contributed by atoms with van der Waals surface area (Å²) in [4.78, 5) is 24.3. The molecule has 0 bridgehead atoms. The van der Waals surface area contributed by atoms with Crippen LogP contribution in [0, 0.1) is 0 Å². The van der Waals surface area contributed by atoms with Crippen LogP contribution in [0.2, 0.25) is 0 Å². The summed E-state index contributed by atoms with van der Waals surface area (Å²) in [5.74, 6) is 0. The Kier molecular flexibility index (Phi) is 42.5. The molecule has 0 heterocycles. The second-order valence-corrected chi connectivity index (χ2v) is 1.41. The maximum atomic E-state index is 8.66. The van der Waals surface area contributed by atoms with Crippen molar-refractivity contribution in [3.63, 3.8) is 0 Å². The Morgan fingerprint density at radius 3 is 1.33 bits per heavy atom. The summed E-state index contributed by atoms with van der Waals surface area (Å²) in [6.45, 7) is 0. The van der Waals surface area contributed by atoms with Gasteiger partial charge in [0.25, 0.3) is 0 Å². The molecule has 0 aromatic heterocycles. The Morgan fingerprint density at radius 2 is 1.33 bits per heavy atom. The minimum Gasteiger partial charge on any atom is -0.870 e. The Labute approximate surface area is 84.3 Å². The normalized spacial score (nSPS) is 6.56. The molecular formula is H4FeNaO6P. The molecule has 0 aromatic rings. The van der Waals surface area contributed by atoms with Gasteiger partial charge in [-0.3, -0.25) is 0 Å². The third kappa shape index (κ3) is 227. The van der Waals surface area contributed by atoms with Crippen LogP contribution in [0.5, 0.6) is 0 Å². The van der Waals surface area contributed by atoms with E-state index < -0.39 is 7.82 Å². The van der Waals surface area contributed by atoms with Gasteiger partial charge in [-0.25, -0.2) is 0 Å². The van der Waals surface area contributed by atoms with Crippen molar-refractivity contribution in [3.8, 4) is 0 Å². The maximum Gasteiger partial charge on any atom is 2.00 e. The molecule has 9 heavy (non-hydrogen) atoms. The van der Waals surface area contributed by atoms with Crippen LogP contribution in [-0.4, -0.2) is 15.8 Å². The van der Waals surface area contributed by atoms with Crippen LogP contribution >= 0.6 is 7.82 Å². The number of rotatable bonds is 0. The molecular weight excluding hydrogens is 206 g/mol. The fourth-order valence-corrected chi connectivity index (χ4v) is 0. The second kappa shape index (κ2) is 12.2. The fourth-order valence-electron chi connectivity index (χ4n) is 0. The molecule has 0 spiro atoms. The van der Waals surface area contributed by atoms with Crippen LogP contribution in [0.3, 0.4) is 0 Å². The van der Waals surface area contributed by atoms with Crippen molar-refractivity contribution in [1.82, 2.24) is 0 Å². The fraction of sp³-hybridized carbons (Fsp3) is 0. The summed E-state index contributed by atoms with van der Waals surface area (Å²) >= 11 is 0. The maximum absolute atomic E-state index is 8.66. The summed E-state index contributed by atoms with van der Waals surface area (Å²) < 4.78 is 8.66. The van der Waals surface area contributed by atoms with E-state index in [1.54, 1.807) is 0 Å². The molecule has 0 unspecified atom stereocenters. The standard InChI is InChI=1S/Fe.Na.H3O4P.2H2O/c;;1-5(2,3)4;;/h;;(H3,1,2,3,4);2*1H2/q+2;+1;;;/p-3. The van der Waals surface area contributed by atoms with Crippen molar-refractivity contribution >= 4 is 7.82 Å². The van der Waals surface area contributed by atoms with Crippen molar-refractivity contribution < 1.29 is 76.8 Å². The second-order valence-electron chi connectivity index (χ2n) is 0.469. The molecule has 0 radical (unpaired) electrons. The molecule has 0 fully saturated rings. The predicted molar refractivity (Wildman–Crippen MR) is 15.4 cm³/mol. The van der Waals surface area contributed by atoms with E-state index in [2.05, 4.69) is 0 Å². The van der Waals surface area contributed by atoms with Gasteiger partial charge in [0.05, 0.1) is 7.82 Å². The van der Waals surface area contributed by atoms with E-state index in [1.165, 1.54) is 0 Å². The Hall–Kier alpha value is 1.55. The molecule has 0 saturated heterocycles. The molecule has 6 nitrogen and oxygen atoms in total. The summed E-state index contributed by atoms with van der Waals surface area (Å²) in [6.07, 6.45) is 0. The predicted octanol–water partition coefficient (Wildman–Crippen LogP) is -6.19. The quantitative estimate of drug-likeness (QED) is 0.312. The van der Waals surface area contributed by atoms with E-state index in [0.717, 1.165) is 0 Å². The molecule has 0 atom stereocenters. The molecule has 4 N–H and O–H groups in total. The monoisotopic (exact) mass is 210 g/mol. The van der Waals surface area contributed by atoms with Gasteiger partial charge in [-0.1, -0.05) is 0 Å². The van der Waals surface area contributed by atoms with E-state index in [4.69, 9.17) is 19.2 Å². The number of hydrogen-bond donors (Lipinski definition) is 1. The van der Waals surface area contributed by atoms with Crippen molar-refractivity contribution in [2.45, 2.75) is 0 Å². The molecule has 0 aromatic carbocycles. The van der Waals surface area contributed by atoms with E-state index in [9.17, 15) is 0 Å². The van der Waals surface area contributed by atoms with Gasteiger partial charge in [-0.15, -0.1) is 0 Å². The van der Waals surface area contributed by atoms with Gasteiger partial charge < -0.3 is 30.2 Å². The van der Waals surface area contributed by atoms with Crippen molar-refractivity contribution in [2.75, 3.05) is 0 Å². The Balaban J connectivity index is -0.0000000133. The van der Waals surface area contributed by atoms with Gasteiger partial charge in [0, 0.05) is 0 Å². The van der Waals surface area contributed by atoms with Crippen LogP contribution in [-0.2, 0) is 21.6 Å². The first kappa shape index (κ1) is 31.2. The van der Waals surface area contributed by atoms with E-state index in [-0.39, 0.29) is 57.6 Å².